The van der Waals surface area contributed by atoms with Gasteiger partial charge < -0.3 is 4.74 Å². The molecule has 0 bridgehead atoms. The first-order valence-corrected chi connectivity index (χ1v) is 3.09. The summed E-state index contributed by atoms with van der Waals surface area (Å²) in [6, 6.07) is -1.63. The molecule has 0 saturated carbocycles. The molecule has 13 heavy (non-hydrogen) atoms. The van der Waals surface area contributed by atoms with Crippen LogP contribution in [0.15, 0.2) is 0 Å². The quantitative estimate of drug-likeness (QED) is 0.495. The van der Waals surface area contributed by atoms with Crippen molar-refractivity contribution in [1.29, 1.82) is 0 Å². The molecule has 8 heteroatoms. The van der Waals surface area contributed by atoms with E-state index in [1.54, 1.807) is 0 Å². The van der Waals surface area contributed by atoms with Gasteiger partial charge >= 0.3 is 12.4 Å². The van der Waals surface area contributed by atoms with Gasteiger partial charge in [-0.15, -0.1) is 0 Å². The van der Waals surface area contributed by atoms with Gasteiger partial charge in [-0.1, -0.05) is 0 Å². The summed E-state index contributed by atoms with van der Waals surface area (Å²) in [7, 11) is 4.66. The Morgan fingerprint density at radius 2 is 1.31 bits per heavy atom. The lowest BCUT2D eigenvalue weighted by Gasteiger charge is -2.25. The molecule has 0 aromatic heterocycles. The van der Waals surface area contributed by atoms with E-state index < -0.39 is 24.5 Å². The molecule has 0 aliphatic rings. The lowest BCUT2D eigenvalue weighted by Crippen LogP contribution is -2.46. The van der Waals surface area contributed by atoms with Crippen LogP contribution in [-0.2, 0) is 4.74 Å². The molecule has 2 radical (unpaired) electrons. The summed E-state index contributed by atoms with van der Waals surface area (Å²) in [5, 5.41) is 0. The summed E-state index contributed by atoms with van der Waals surface area (Å²) in [6.07, 6.45) is -14.8. The van der Waals surface area contributed by atoms with Gasteiger partial charge in [0, 0.05) is 6.00 Å². The van der Waals surface area contributed by atoms with Crippen LogP contribution < -0.4 is 0 Å². The predicted octanol–water partition coefficient (Wildman–Crippen LogP) is 2.01. The van der Waals surface area contributed by atoms with Crippen molar-refractivity contribution in [2.45, 2.75) is 31.4 Å². The molecule has 0 aromatic rings. The second-order valence-electron chi connectivity index (χ2n) is 2.30. The number of ether oxygens (including phenoxy) is 1. The highest BCUT2D eigenvalue weighted by Gasteiger charge is 2.58. The van der Waals surface area contributed by atoms with Crippen molar-refractivity contribution in [3.63, 3.8) is 0 Å². The zero-order valence-corrected chi connectivity index (χ0v) is 6.41. The number of rotatable bonds is 2. The molecule has 0 heterocycles. The minimum absolute atomic E-state index is 0.879. The summed E-state index contributed by atoms with van der Waals surface area (Å²) in [5.41, 5.74) is 0. The Morgan fingerprint density at radius 1 is 1.00 bits per heavy atom. The number of hydrogen-bond donors (Lipinski definition) is 0. The number of halogens is 6. The molecular formula is C5H5BF6O. The molecule has 0 N–H and O–H groups in total. The minimum atomic E-state index is -5.49. The normalized spacial score (nSPS) is 16.3. The van der Waals surface area contributed by atoms with Crippen LogP contribution in [0.5, 0.6) is 0 Å². The highest BCUT2D eigenvalue weighted by Crippen LogP contribution is 2.35. The predicted molar refractivity (Wildman–Crippen MR) is 32.2 cm³/mol. The van der Waals surface area contributed by atoms with E-state index in [9.17, 15) is 26.3 Å². The molecule has 0 fully saturated rings. The topological polar surface area (TPSA) is 9.23 Å². The van der Waals surface area contributed by atoms with E-state index in [1.165, 1.54) is 0 Å². The smallest absolute Gasteiger partial charge is 0.368 e. The van der Waals surface area contributed by atoms with E-state index in [-0.39, 0.29) is 0 Å². The van der Waals surface area contributed by atoms with Gasteiger partial charge in [-0.25, -0.2) is 0 Å². The molecule has 1 nitrogen and oxygen atoms in total. The molecule has 0 spiro atoms. The molecule has 0 rings (SSSR count). The standard InChI is InChI=1S/C5H5BF6O/c1-2(6)13-3(4(7,8)9)5(10,11)12/h2-3H,1H3. The molecule has 76 valence electrons. The van der Waals surface area contributed by atoms with Gasteiger partial charge in [0.15, 0.2) is 0 Å². The van der Waals surface area contributed by atoms with E-state index in [2.05, 4.69) is 12.6 Å². The van der Waals surface area contributed by atoms with Crippen LogP contribution in [0.3, 0.4) is 0 Å². The largest absolute Gasteiger partial charge is 0.423 e. The van der Waals surface area contributed by atoms with Crippen molar-refractivity contribution >= 4 is 7.85 Å². The number of alkyl halides is 6. The Morgan fingerprint density at radius 3 is 1.38 bits per heavy atom. The SMILES string of the molecule is [B]C(C)OC(C(F)(F)F)C(F)(F)F. The molecule has 0 aromatic carbocycles. The van der Waals surface area contributed by atoms with E-state index >= 15 is 0 Å². The van der Waals surface area contributed by atoms with Crippen LogP contribution in [0.2, 0.25) is 0 Å². The second kappa shape index (κ2) is 3.77. The highest BCUT2D eigenvalue weighted by molar-refractivity contribution is 6.10. The fourth-order valence-electron chi connectivity index (χ4n) is 0.555. The van der Waals surface area contributed by atoms with Crippen molar-refractivity contribution in [2.75, 3.05) is 0 Å². The van der Waals surface area contributed by atoms with Crippen molar-refractivity contribution in [1.82, 2.24) is 0 Å². The summed E-state index contributed by atoms with van der Waals surface area (Å²) in [4.78, 5) is 0. The van der Waals surface area contributed by atoms with Gasteiger partial charge in [0.1, 0.15) is 7.85 Å². The van der Waals surface area contributed by atoms with Crippen molar-refractivity contribution < 1.29 is 31.1 Å². The molecular weight excluding hydrogens is 201 g/mol. The minimum Gasteiger partial charge on any atom is -0.368 e. The van der Waals surface area contributed by atoms with Crippen molar-refractivity contribution in [3.05, 3.63) is 0 Å². The van der Waals surface area contributed by atoms with Crippen LogP contribution in [0.25, 0.3) is 0 Å². The Hall–Kier alpha value is -0.395. The van der Waals surface area contributed by atoms with E-state index in [4.69, 9.17) is 0 Å². The maximum atomic E-state index is 11.7. The Kier molecular flexibility index (Phi) is 3.66. The fraction of sp³-hybridized carbons (Fsp3) is 1.00. The average molecular weight is 206 g/mol. The van der Waals surface area contributed by atoms with Gasteiger partial charge in [-0.2, -0.15) is 26.3 Å². The van der Waals surface area contributed by atoms with E-state index in [0.29, 0.717) is 0 Å². The molecule has 0 saturated heterocycles. The van der Waals surface area contributed by atoms with Crippen LogP contribution >= 0.6 is 0 Å². The third kappa shape index (κ3) is 4.40. The van der Waals surface area contributed by atoms with Crippen LogP contribution in [0.1, 0.15) is 6.92 Å². The summed E-state index contributed by atoms with van der Waals surface area (Å²) in [5.74, 6) is 0. The van der Waals surface area contributed by atoms with Crippen molar-refractivity contribution in [3.8, 4) is 0 Å². The monoisotopic (exact) mass is 206 g/mol. The van der Waals surface area contributed by atoms with Crippen molar-refractivity contribution in [2.24, 2.45) is 0 Å². The third-order valence-corrected chi connectivity index (χ3v) is 0.945. The molecule has 0 amide bonds. The van der Waals surface area contributed by atoms with Gasteiger partial charge in [-0.3, -0.25) is 0 Å². The Balaban J connectivity index is 4.58. The van der Waals surface area contributed by atoms with Gasteiger partial charge in [-0.05, 0) is 6.92 Å². The zero-order valence-electron chi connectivity index (χ0n) is 6.41. The van der Waals surface area contributed by atoms with Gasteiger partial charge in [0.2, 0.25) is 6.10 Å². The fourth-order valence-corrected chi connectivity index (χ4v) is 0.555. The molecule has 1 unspecified atom stereocenters. The highest BCUT2D eigenvalue weighted by atomic mass is 19.4. The Bertz CT molecular complexity index is 147. The first kappa shape index (κ1) is 12.6. The van der Waals surface area contributed by atoms with E-state index in [0.717, 1.165) is 6.92 Å². The Labute approximate surface area is 71.5 Å². The van der Waals surface area contributed by atoms with Crippen LogP contribution in [0.4, 0.5) is 26.3 Å². The maximum Gasteiger partial charge on any atom is 0.423 e. The number of hydrogen-bond acceptors (Lipinski definition) is 1. The third-order valence-electron chi connectivity index (χ3n) is 0.945. The molecule has 1 atom stereocenters. The average Bonchev–Trinajstić information content (AvgIpc) is 1.77. The summed E-state index contributed by atoms with van der Waals surface area (Å²) < 4.78 is 73.6. The molecule has 0 aliphatic carbocycles. The van der Waals surface area contributed by atoms with Gasteiger partial charge in [0.25, 0.3) is 0 Å². The van der Waals surface area contributed by atoms with Crippen LogP contribution in [0, 0.1) is 0 Å². The summed E-state index contributed by atoms with van der Waals surface area (Å²) >= 11 is 0. The van der Waals surface area contributed by atoms with Crippen LogP contribution in [-0.4, -0.2) is 32.3 Å². The first-order valence-electron chi connectivity index (χ1n) is 3.09. The maximum absolute atomic E-state index is 11.7. The zero-order chi connectivity index (χ0) is 10.9. The van der Waals surface area contributed by atoms with Gasteiger partial charge in [0.05, 0.1) is 0 Å². The lowest BCUT2D eigenvalue weighted by atomic mass is 10.0. The molecule has 0 aliphatic heterocycles. The second-order valence-corrected chi connectivity index (χ2v) is 2.30. The summed E-state index contributed by atoms with van der Waals surface area (Å²) in [6.45, 7) is 0.879. The van der Waals surface area contributed by atoms with E-state index in [1.807, 2.05) is 0 Å². The lowest BCUT2D eigenvalue weighted by molar-refractivity contribution is -0.324. The first-order chi connectivity index (χ1) is 5.55.